The van der Waals surface area contributed by atoms with Crippen molar-refractivity contribution in [1.82, 2.24) is 20.3 Å². The third kappa shape index (κ3) is 3.23. The Morgan fingerprint density at radius 2 is 2.09 bits per heavy atom. The second kappa shape index (κ2) is 6.44. The molecule has 0 bridgehead atoms. The van der Waals surface area contributed by atoms with Gasteiger partial charge < -0.3 is 5.32 Å². The lowest BCUT2D eigenvalue weighted by Crippen LogP contribution is -2.06. The minimum absolute atomic E-state index is 0.396. The Morgan fingerprint density at radius 3 is 2.78 bits per heavy atom. The van der Waals surface area contributed by atoms with Crippen LogP contribution in [0.3, 0.4) is 0 Å². The Hall–Kier alpha value is -2.31. The number of aryl methyl sites for hydroxylation is 1. The zero-order valence-corrected chi connectivity index (χ0v) is 14.2. The van der Waals surface area contributed by atoms with Crippen LogP contribution < -0.4 is 5.32 Å². The Bertz CT molecular complexity index is 916. The highest BCUT2D eigenvalue weighted by atomic mass is 35.5. The molecule has 3 heterocycles. The van der Waals surface area contributed by atoms with E-state index in [0.29, 0.717) is 16.4 Å². The van der Waals surface area contributed by atoms with Crippen molar-refractivity contribution in [2.45, 2.75) is 6.92 Å². The van der Waals surface area contributed by atoms with Gasteiger partial charge in [-0.3, -0.25) is 10.4 Å². The molecular formula is C16H14ClN5S. The van der Waals surface area contributed by atoms with Crippen LogP contribution in [-0.2, 0) is 0 Å². The second-order valence-corrected chi connectivity index (χ2v) is 6.48. The topological polar surface area (TPSA) is 74.6 Å². The van der Waals surface area contributed by atoms with Crippen LogP contribution in [0.25, 0.3) is 16.6 Å². The van der Waals surface area contributed by atoms with Gasteiger partial charge in [0.25, 0.3) is 0 Å². The van der Waals surface area contributed by atoms with Crippen LogP contribution in [-0.4, -0.2) is 27.7 Å². The first kappa shape index (κ1) is 15.6. The lowest BCUT2D eigenvalue weighted by molar-refractivity contribution is 1.11. The van der Waals surface area contributed by atoms with Crippen LogP contribution in [0.4, 0.5) is 0 Å². The zero-order valence-electron chi connectivity index (χ0n) is 12.6. The molecule has 0 amide bonds. The summed E-state index contributed by atoms with van der Waals surface area (Å²) < 4.78 is 0. The summed E-state index contributed by atoms with van der Waals surface area (Å²) in [5.41, 5.74) is 3.39. The van der Waals surface area contributed by atoms with Crippen LogP contribution in [0.1, 0.15) is 15.4 Å². The van der Waals surface area contributed by atoms with Crippen LogP contribution in [0.5, 0.6) is 0 Å². The van der Waals surface area contributed by atoms with Crippen molar-refractivity contribution in [2.24, 2.45) is 0 Å². The van der Waals surface area contributed by atoms with Crippen molar-refractivity contribution in [1.29, 1.82) is 5.41 Å². The zero-order chi connectivity index (χ0) is 16.4. The fraction of sp³-hybridized carbons (Fsp3) is 0.125. The van der Waals surface area contributed by atoms with E-state index < -0.39 is 0 Å². The molecule has 0 aromatic carbocycles. The first-order valence-electron chi connectivity index (χ1n) is 6.90. The van der Waals surface area contributed by atoms with Crippen molar-refractivity contribution in [3.63, 3.8) is 0 Å². The number of thiazole rings is 1. The molecule has 5 nitrogen and oxygen atoms in total. The van der Waals surface area contributed by atoms with E-state index in [1.807, 2.05) is 19.1 Å². The SMILES string of the molecule is CN/C=C(\C(=N)c1cnc(C)s1)c1cnc2ccc(Cl)nc2c1. The van der Waals surface area contributed by atoms with E-state index in [1.165, 1.54) is 11.3 Å². The molecule has 116 valence electrons. The molecule has 0 aliphatic carbocycles. The van der Waals surface area contributed by atoms with E-state index in [4.69, 9.17) is 17.0 Å². The maximum atomic E-state index is 8.48. The van der Waals surface area contributed by atoms with Crippen LogP contribution in [0, 0.1) is 12.3 Å². The summed E-state index contributed by atoms with van der Waals surface area (Å²) in [6.45, 7) is 1.92. The third-order valence-corrected chi connectivity index (χ3v) is 4.38. The Kier molecular flexibility index (Phi) is 4.36. The monoisotopic (exact) mass is 343 g/mol. The van der Waals surface area contributed by atoms with Gasteiger partial charge in [0.2, 0.25) is 0 Å². The summed E-state index contributed by atoms with van der Waals surface area (Å²) in [5.74, 6) is 0. The summed E-state index contributed by atoms with van der Waals surface area (Å²) in [4.78, 5) is 13.7. The van der Waals surface area contributed by atoms with E-state index in [1.54, 1.807) is 31.7 Å². The summed E-state index contributed by atoms with van der Waals surface area (Å²) in [6, 6.07) is 5.43. The fourth-order valence-electron chi connectivity index (χ4n) is 2.18. The summed E-state index contributed by atoms with van der Waals surface area (Å²) >= 11 is 7.45. The number of nitrogens with one attached hydrogen (secondary N) is 2. The molecule has 0 radical (unpaired) electrons. The molecule has 0 aliphatic rings. The van der Waals surface area contributed by atoms with E-state index in [2.05, 4.69) is 20.3 Å². The number of allylic oxidation sites excluding steroid dienone is 1. The highest BCUT2D eigenvalue weighted by Crippen LogP contribution is 2.24. The van der Waals surface area contributed by atoms with Crippen molar-refractivity contribution in [3.05, 3.63) is 57.4 Å². The summed E-state index contributed by atoms with van der Waals surface area (Å²) in [7, 11) is 1.80. The number of nitrogens with zero attached hydrogens (tertiary/aromatic N) is 3. The average Bonchev–Trinajstić information content (AvgIpc) is 2.98. The van der Waals surface area contributed by atoms with Crippen molar-refractivity contribution >= 4 is 45.3 Å². The molecule has 0 aliphatic heterocycles. The van der Waals surface area contributed by atoms with Crippen LogP contribution >= 0.6 is 22.9 Å². The van der Waals surface area contributed by atoms with Gasteiger partial charge >= 0.3 is 0 Å². The first-order chi connectivity index (χ1) is 11.1. The number of pyridine rings is 2. The largest absolute Gasteiger partial charge is 0.393 e. The van der Waals surface area contributed by atoms with Gasteiger partial charge in [0.1, 0.15) is 5.15 Å². The molecule has 0 fully saturated rings. The summed E-state index contributed by atoms with van der Waals surface area (Å²) in [5, 5.41) is 12.8. The second-order valence-electron chi connectivity index (χ2n) is 4.86. The smallest absolute Gasteiger partial charge is 0.129 e. The number of aromatic nitrogens is 3. The maximum absolute atomic E-state index is 8.48. The van der Waals surface area contributed by atoms with Gasteiger partial charge in [-0.15, -0.1) is 11.3 Å². The highest BCUT2D eigenvalue weighted by molar-refractivity contribution is 7.14. The van der Waals surface area contributed by atoms with Gasteiger partial charge in [0.15, 0.2) is 0 Å². The van der Waals surface area contributed by atoms with Gasteiger partial charge in [-0.1, -0.05) is 11.6 Å². The molecule has 23 heavy (non-hydrogen) atoms. The minimum Gasteiger partial charge on any atom is -0.393 e. The van der Waals surface area contributed by atoms with E-state index >= 15 is 0 Å². The lowest BCUT2D eigenvalue weighted by Gasteiger charge is -2.09. The fourth-order valence-corrected chi connectivity index (χ4v) is 3.08. The predicted octanol–water partition coefficient (Wildman–Crippen LogP) is 3.68. The van der Waals surface area contributed by atoms with Crippen molar-refractivity contribution in [3.8, 4) is 0 Å². The molecule has 0 unspecified atom stereocenters. The predicted molar refractivity (Wildman–Crippen MR) is 95.3 cm³/mol. The molecule has 0 spiro atoms. The molecule has 2 N–H and O–H groups in total. The van der Waals surface area contributed by atoms with Gasteiger partial charge in [-0.05, 0) is 25.1 Å². The maximum Gasteiger partial charge on any atom is 0.129 e. The molecule has 3 aromatic rings. The standard InChI is InChI=1S/C16H14ClN5S/c1-9-20-8-14(23-9)16(18)11(7-19-2)10-5-13-12(21-6-10)3-4-15(17)22-13/h3-8,18-19H,1-2H3/b11-7-,18-16?. The molecule has 3 aromatic heterocycles. The lowest BCUT2D eigenvalue weighted by atomic mass is 10.0. The first-order valence-corrected chi connectivity index (χ1v) is 8.10. The van der Waals surface area contributed by atoms with Crippen LogP contribution in [0.2, 0.25) is 5.15 Å². The molecule has 0 saturated carbocycles. The Morgan fingerprint density at radius 1 is 1.26 bits per heavy atom. The van der Waals surface area contributed by atoms with Crippen molar-refractivity contribution < 1.29 is 0 Å². The van der Waals surface area contributed by atoms with Crippen LogP contribution in [0.15, 0.2) is 36.8 Å². The van der Waals surface area contributed by atoms with E-state index in [-0.39, 0.29) is 0 Å². The quantitative estimate of drug-likeness (QED) is 0.559. The van der Waals surface area contributed by atoms with Gasteiger partial charge in [0.05, 0.1) is 26.6 Å². The third-order valence-electron chi connectivity index (χ3n) is 3.24. The van der Waals surface area contributed by atoms with Gasteiger partial charge in [0, 0.05) is 36.8 Å². The number of halogens is 1. The molecular weight excluding hydrogens is 330 g/mol. The van der Waals surface area contributed by atoms with E-state index in [0.717, 1.165) is 26.5 Å². The molecule has 0 atom stereocenters. The van der Waals surface area contributed by atoms with Gasteiger partial charge in [-0.25, -0.2) is 9.97 Å². The minimum atomic E-state index is 0.396. The number of hydrogen-bond acceptors (Lipinski definition) is 6. The molecule has 0 saturated heterocycles. The Balaban J connectivity index is 2.08. The molecule has 3 rings (SSSR count). The average molecular weight is 344 g/mol. The Labute approximate surface area is 142 Å². The number of hydrogen-bond donors (Lipinski definition) is 2. The van der Waals surface area contributed by atoms with Crippen molar-refractivity contribution in [2.75, 3.05) is 7.05 Å². The molecule has 7 heteroatoms. The summed E-state index contributed by atoms with van der Waals surface area (Å²) in [6.07, 6.45) is 5.24. The van der Waals surface area contributed by atoms with E-state index in [9.17, 15) is 0 Å². The normalized spacial score (nSPS) is 11.7. The highest BCUT2D eigenvalue weighted by Gasteiger charge is 2.14. The number of fused-ring (bicyclic) bond motifs is 1. The number of rotatable bonds is 4. The van der Waals surface area contributed by atoms with Gasteiger partial charge in [-0.2, -0.15) is 0 Å².